The second-order valence-electron chi connectivity index (χ2n) is 4.49. The molecule has 0 aromatic heterocycles. The van der Waals surface area contributed by atoms with E-state index < -0.39 is 15.6 Å². The van der Waals surface area contributed by atoms with Gasteiger partial charge in [-0.2, -0.15) is 8.78 Å². The first-order chi connectivity index (χ1) is 7.85. The van der Waals surface area contributed by atoms with Gasteiger partial charge in [-0.25, -0.2) is 8.42 Å². The molecule has 0 aliphatic heterocycles. The van der Waals surface area contributed by atoms with Crippen LogP contribution in [-0.4, -0.2) is 19.7 Å². The number of hydrogen-bond acceptors (Lipinski definition) is 3. The maximum absolute atomic E-state index is 12.5. The van der Waals surface area contributed by atoms with Crippen molar-refractivity contribution in [1.29, 1.82) is 0 Å². The van der Waals surface area contributed by atoms with Crippen molar-refractivity contribution in [3.63, 3.8) is 0 Å². The number of benzene rings is 1. The van der Waals surface area contributed by atoms with Crippen LogP contribution in [0.15, 0.2) is 29.2 Å². The van der Waals surface area contributed by atoms with Crippen LogP contribution >= 0.6 is 0 Å². The molecule has 0 spiro atoms. The van der Waals surface area contributed by atoms with Gasteiger partial charge < -0.3 is 5.32 Å². The Kier molecular flexibility index (Phi) is 2.85. The Labute approximate surface area is 98.8 Å². The fraction of sp³-hybridized carbons (Fsp3) is 0.455. The van der Waals surface area contributed by atoms with Crippen molar-refractivity contribution in [2.45, 2.75) is 36.0 Å². The summed E-state index contributed by atoms with van der Waals surface area (Å²) in [5.74, 6) is -3.39. The average molecular weight is 261 g/mol. The van der Waals surface area contributed by atoms with Crippen molar-refractivity contribution in [3.05, 3.63) is 24.3 Å². The van der Waals surface area contributed by atoms with Crippen LogP contribution in [-0.2, 0) is 9.84 Å². The topological polar surface area (TPSA) is 46.2 Å². The molecule has 1 aliphatic carbocycles. The Bertz CT molecular complexity index is 524. The summed E-state index contributed by atoms with van der Waals surface area (Å²) in [6.45, 7) is 1.93. The highest BCUT2D eigenvalue weighted by Gasteiger charge is 2.39. The van der Waals surface area contributed by atoms with Gasteiger partial charge in [0.1, 0.15) is 0 Å². The molecule has 1 N–H and O–H groups in total. The van der Waals surface area contributed by atoms with Crippen LogP contribution in [0.2, 0.25) is 0 Å². The van der Waals surface area contributed by atoms with Crippen molar-refractivity contribution < 1.29 is 17.2 Å². The molecule has 0 radical (unpaired) electrons. The summed E-state index contributed by atoms with van der Waals surface area (Å²) in [6.07, 6.45) is 1.83. The molecule has 3 nitrogen and oxygen atoms in total. The van der Waals surface area contributed by atoms with Gasteiger partial charge in [-0.15, -0.1) is 0 Å². The summed E-state index contributed by atoms with van der Waals surface area (Å²) in [6, 6.07) is 5.78. The number of halogens is 2. The van der Waals surface area contributed by atoms with Crippen LogP contribution in [0, 0.1) is 0 Å². The van der Waals surface area contributed by atoms with E-state index in [9.17, 15) is 17.2 Å². The number of para-hydroxylation sites is 1. The van der Waals surface area contributed by atoms with Crippen LogP contribution in [0.1, 0.15) is 19.8 Å². The van der Waals surface area contributed by atoms with E-state index in [2.05, 4.69) is 5.32 Å². The molecule has 1 aliphatic rings. The molecule has 0 amide bonds. The number of sulfone groups is 1. The van der Waals surface area contributed by atoms with Gasteiger partial charge in [0.05, 0.1) is 10.6 Å². The van der Waals surface area contributed by atoms with Crippen LogP contribution < -0.4 is 5.32 Å². The molecule has 0 bridgehead atoms. The second-order valence-corrected chi connectivity index (χ2v) is 6.37. The number of alkyl halides is 2. The molecule has 0 heterocycles. The third-order valence-electron chi connectivity index (χ3n) is 2.86. The van der Waals surface area contributed by atoms with Gasteiger partial charge >= 0.3 is 5.76 Å². The van der Waals surface area contributed by atoms with Crippen molar-refractivity contribution in [2.24, 2.45) is 0 Å². The third-order valence-corrected chi connectivity index (χ3v) is 4.30. The van der Waals surface area contributed by atoms with Crippen molar-refractivity contribution in [3.8, 4) is 0 Å². The Morgan fingerprint density at radius 3 is 2.41 bits per heavy atom. The highest BCUT2D eigenvalue weighted by atomic mass is 32.2. The maximum Gasteiger partial charge on any atom is 0.341 e. The lowest BCUT2D eigenvalue weighted by Gasteiger charge is -2.16. The molecule has 1 aromatic rings. The lowest BCUT2D eigenvalue weighted by Crippen LogP contribution is -2.20. The molecule has 2 rings (SSSR count). The Balaban J connectivity index is 2.40. The maximum atomic E-state index is 12.5. The first-order valence-electron chi connectivity index (χ1n) is 5.24. The largest absolute Gasteiger partial charge is 0.379 e. The van der Waals surface area contributed by atoms with Crippen molar-refractivity contribution in [1.82, 2.24) is 0 Å². The number of rotatable bonds is 4. The zero-order valence-electron chi connectivity index (χ0n) is 9.28. The molecule has 1 saturated carbocycles. The summed E-state index contributed by atoms with van der Waals surface area (Å²) >= 11 is 0. The highest BCUT2D eigenvalue weighted by Crippen LogP contribution is 2.40. The Morgan fingerprint density at radius 1 is 1.29 bits per heavy atom. The summed E-state index contributed by atoms with van der Waals surface area (Å²) in [5, 5.41) is 3.01. The Morgan fingerprint density at radius 2 is 1.88 bits per heavy atom. The van der Waals surface area contributed by atoms with Gasteiger partial charge in [0.15, 0.2) is 0 Å². The quantitative estimate of drug-likeness (QED) is 0.906. The molecular weight excluding hydrogens is 248 g/mol. The van der Waals surface area contributed by atoms with E-state index in [0.717, 1.165) is 12.8 Å². The normalized spacial score (nSPS) is 18.1. The molecule has 1 fully saturated rings. The smallest absolute Gasteiger partial charge is 0.341 e. The fourth-order valence-corrected chi connectivity index (χ4v) is 2.44. The van der Waals surface area contributed by atoms with Gasteiger partial charge in [0.2, 0.25) is 9.84 Å². The number of hydrogen-bond donors (Lipinski definition) is 1. The Hall–Kier alpha value is -1.17. The highest BCUT2D eigenvalue weighted by molar-refractivity contribution is 7.91. The van der Waals surface area contributed by atoms with Gasteiger partial charge in [0.25, 0.3) is 0 Å². The summed E-state index contributed by atoms with van der Waals surface area (Å²) < 4.78 is 48.0. The van der Waals surface area contributed by atoms with E-state index in [4.69, 9.17) is 0 Å². The van der Waals surface area contributed by atoms with E-state index in [0.29, 0.717) is 0 Å². The third kappa shape index (κ3) is 2.41. The van der Waals surface area contributed by atoms with Crippen LogP contribution in [0.4, 0.5) is 14.5 Å². The van der Waals surface area contributed by atoms with E-state index >= 15 is 0 Å². The lowest BCUT2D eigenvalue weighted by atomic mass is 10.2. The molecule has 1 aromatic carbocycles. The standard InChI is InChI=1S/C11H13F2NO2S/c1-11(6-7-11)14-8-4-2-3-5-9(8)17(15,16)10(12)13/h2-5,10,14H,6-7H2,1H3. The van der Waals surface area contributed by atoms with Gasteiger partial charge in [-0.05, 0) is 31.9 Å². The van der Waals surface area contributed by atoms with E-state index in [-0.39, 0.29) is 16.1 Å². The van der Waals surface area contributed by atoms with E-state index in [1.165, 1.54) is 18.2 Å². The molecule has 94 valence electrons. The molecular formula is C11H13F2NO2S. The average Bonchev–Trinajstić information content (AvgIpc) is 2.96. The number of nitrogens with one attached hydrogen (secondary N) is 1. The van der Waals surface area contributed by atoms with Gasteiger partial charge in [0, 0.05) is 5.54 Å². The fourth-order valence-electron chi connectivity index (χ4n) is 1.55. The monoisotopic (exact) mass is 261 g/mol. The molecule has 17 heavy (non-hydrogen) atoms. The van der Waals surface area contributed by atoms with Crippen molar-refractivity contribution >= 4 is 15.5 Å². The SMILES string of the molecule is CC1(Nc2ccccc2S(=O)(=O)C(F)F)CC1. The first kappa shape index (κ1) is 12.3. The van der Waals surface area contributed by atoms with Crippen LogP contribution in [0.25, 0.3) is 0 Å². The first-order valence-corrected chi connectivity index (χ1v) is 6.79. The zero-order chi connectivity index (χ0) is 12.7. The summed E-state index contributed by atoms with van der Waals surface area (Å²) in [7, 11) is -4.55. The molecule has 6 heteroatoms. The minimum Gasteiger partial charge on any atom is -0.379 e. The summed E-state index contributed by atoms with van der Waals surface area (Å²) in [5.41, 5.74) is 0.0982. The molecule has 0 atom stereocenters. The lowest BCUT2D eigenvalue weighted by molar-refractivity contribution is 0.235. The number of anilines is 1. The van der Waals surface area contributed by atoms with E-state index in [1.807, 2.05) is 6.92 Å². The minimum absolute atomic E-state index is 0.159. The van der Waals surface area contributed by atoms with Crippen LogP contribution in [0.5, 0.6) is 0 Å². The predicted molar refractivity (Wildman–Crippen MR) is 60.9 cm³/mol. The summed E-state index contributed by atoms with van der Waals surface area (Å²) in [4.78, 5) is -0.330. The molecule has 0 unspecified atom stereocenters. The van der Waals surface area contributed by atoms with Crippen LogP contribution in [0.3, 0.4) is 0 Å². The van der Waals surface area contributed by atoms with Crippen molar-refractivity contribution in [2.75, 3.05) is 5.32 Å². The van der Waals surface area contributed by atoms with E-state index in [1.54, 1.807) is 6.07 Å². The minimum atomic E-state index is -4.55. The van der Waals surface area contributed by atoms with Gasteiger partial charge in [-0.1, -0.05) is 12.1 Å². The zero-order valence-corrected chi connectivity index (χ0v) is 10.1. The predicted octanol–water partition coefficient (Wildman–Crippen LogP) is 2.65. The van der Waals surface area contributed by atoms with Gasteiger partial charge in [-0.3, -0.25) is 0 Å². The second kappa shape index (κ2) is 3.94. The molecule has 0 saturated heterocycles.